The maximum atomic E-state index is 12.8. The van der Waals surface area contributed by atoms with Gasteiger partial charge in [-0.05, 0) is 12.1 Å². The second-order valence-corrected chi connectivity index (χ2v) is 3.44. The SMILES string of the molecule is COc1cc(CC(=O)O)c(OC)c(C(F)(F)F)c1. The van der Waals surface area contributed by atoms with Gasteiger partial charge in [0.05, 0.1) is 20.6 Å². The van der Waals surface area contributed by atoms with Crippen LogP contribution in [0.3, 0.4) is 0 Å². The highest BCUT2D eigenvalue weighted by Gasteiger charge is 2.36. The number of hydrogen-bond acceptors (Lipinski definition) is 3. The van der Waals surface area contributed by atoms with E-state index >= 15 is 0 Å². The van der Waals surface area contributed by atoms with Crippen LogP contribution in [0.25, 0.3) is 0 Å². The molecule has 4 nitrogen and oxygen atoms in total. The van der Waals surface area contributed by atoms with Gasteiger partial charge in [0, 0.05) is 5.56 Å². The molecule has 1 rings (SSSR count). The molecule has 0 heterocycles. The van der Waals surface area contributed by atoms with Crippen molar-refractivity contribution in [2.24, 2.45) is 0 Å². The second kappa shape index (κ2) is 5.16. The third-order valence-corrected chi connectivity index (χ3v) is 2.23. The van der Waals surface area contributed by atoms with E-state index in [9.17, 15) is 18.0 Å². The Balaban J connectivity index is 3.44. The van der Waals surface area contributed by atoms with Crippen molar-refractivity contribution in [1.29, 1.82) is 0 Å². The van der Waals surface area contributed by atoms with Crippen molar-refractivity contribution in [2.45, 2.75) is 12.6 Å². The molecule has 0 aliphatic heterocycles. The summed E-state index contributed by atoms with van der Waals surface area (Å²) in [6, 6.07) is 1.98. The monoisotopic (exact) mass is 264 g/mol. The minimum atomic E-state index is -4.65. The third-order valence-electron chi connectivity index (χ3n) is 2.23. The number of hydrogen-bond donors (Lipinski definition) is 1. The number of halogens is 3. The normalized spacial score (nSPS) is 11.2. The molecule has 0 unspecified atom stereocenters. The maximum absolute atomic E-state index is 12.8. The second-order valence-electron chi connectivity index (χ2n) is 3.44. The molecule has 1 N–H and O–H groups in total. The number of alkyl halides is 3. The van der Waals surface area contributed by atoms with Crippen molar-refractivity contribution in [1.82, 2.24) is 0 Å². The number of ether oxygens (including phenoxy) is 2. The lowest BCUT2D eigenvalue weighted by Gasteiger charge is -2.16. The van der Waals surface area contributed by atoms with E-state index in [0.717, 1.165) is 13.2 Å². The Kier molecular flexibility index (Phi) is 4.05. The fourth-order valence-electron chi connectivity index (χ4n) is 1.52. The van der Waals surface area contributed by atoms with Gasteiger partial charge in [0.2, 0.25) is 0 Å². The Labute approximate surface area is 101 Å². The van der Waals surface area contributed by atoms with E-state index in [1.807, 2.05) is 0 Å². The zero-order valence-electron chi connectivity index (χ0n) is 9.67. The molecule has 0 saturated carbocycles. The van der Waals surface area contributed by atoms with Crippen LogP contribution < -0.4 is 9.47 Å². The molecule has 0 atom stereocenters. The van der Waals surface area contributed by atoms with Gasteiger partial charge in [-0.3, -0.25) is 4.79 Å². The van der Waals surface area contributed by atoms with Crippen LogP contribution in [0.1, 0.15) is 11.1 Å². The zero-order valence-corrected chi connectivity index (χ0v) is 9.67. The number of benzene rings is 1. The molecule has 7 heteroatoms. The summed E-state index contributed by atoms with van der Waals surface area (Å²) in [6.45, 7) is 0. The molecule has 1 aromatic rings. The molecule has 0 aliphatic rings. The maximum Gasteiger partial charge on any atom is 0.420 e. The Hall–Kier alpha value is -1.92. The van der Waals surface area contributed by atoms with Gasteiger partial charge in [0.1, 0.15) is 17.1 Å². The summed E-state index contributed by atoms with van der Waals surface area (Å²) in [5.41, 5.74) is -1.14. The van der Waals surface area contributed by atoms with Crippen LogP contribution in [0.15, 0.2) is 12.1 Å². The van der Waals surface area contributed by atoms with Crippen molar-refractivity contribution < 1.29 is 32.5 Å². The first-order chi connectivity index (χ1) is 8.29. The van der Waals surface area contributed by atoms with Crippen molar-refractivity contribution in [3.8, 4) is 11.5 Å². The molecule has 100 valence electrons. The van der Waals surface area contributed by atoms with Gasteiger partial charge in [0.15, 0.2) is 0 Å². The average Bonchev–Trinajstić information content (AvgIpc) is 2.25. The molecule has 18 heavy (non-hydrogen) atoms. The molecular weight excluding hydrogens is 253 g/mol. The number of rotatable bonds is 4. The predicted octanol–water partition coefficient (Wildman–Crippen LogP) is 2.35. The smallest absolute Gasteiger partial charge is 0.420 e. The highest BCUT2D eigenvalue weighted by molar-refractivity contribution is 5.72. The third kappa shape index (κ3) is 3.06. The average molecular weight is 264 g/mol. The molecule has 0 bridgehead atoms. The lowest BCUT2D eigenvalue weighted by atomic mass is 10.0. The van der Waals surface area contributed by atoms with Crippen LogP contribution in [-0.4, -0.2) is 25.3 Å². The van der Waals surface area contributed by atoms with E-state index < -0.39 is 29.9 Å². The van der Waals surface area contributed by atoms with Crippen molar-refractivity contribution in [3.05, 3.63) is 23.3 Å². The molecule has 0 aromatic heterocycles. The van der Waals surface area contributed by atoms with Gasteiger partial charge in [-0.2, -0.15) is 13.2 Å². The van der Waals surface area contributed by atoms with E-state index in [4.69, 9.17) is 9.84 Å². The van der Waals surface area contributed by atoms with Gasteiger partial charge in [-0.1, -0.05) is 0 Å². The summed E-state index contributed by atoms with van der Waals surface area (Å²) in [5.74, 6) is -1.82. The zero-order chi connectivity index (χ0) is 13.9. The van der Waals surface area contributed by atoms with Crippen LogP contribution in [0.2, 0.25) is 0 Å². The molecule has 0 aliphatic carbocycles. The Bertz CT molecular complexity index is 454. The van der Waals surface area contributed by atoms with Crippen molar-refractivity contribution in [2.75, 3.05) is 14.2 Å². The Morgan fingerprint density at radius 2 is 1.89 bits per heavy atom. The highest BCUT2D eigenvalue weighted by Crippen LogP contribution is 2.40. The first kappa shape index (κ1) is 14.1. The first-order valence-electron chi connectivity index (χ1n) is 4.83. The number of methoxy groups -OCH3 is 2. The quantitative estimate of drug-likeness (QED) is 0.906. The van der Waals surface area contributed by atoms with Gasteiger partial charge in [-0.25, -0.2) is 0 Å². The van der Waals surface area contributed by atoms with Gasteiger partial charge in [0.25, 0.3) is 0 Å². The lowest BCUT2D eigenvalue weighted by molar-refractivity contribution is -0.140. The number of carboxylic acid groups (broad SMARTS) is 1. The summed E-state index contributed by atoms with van der Waals surface area (Å²) in [6.07, 6.45) is -5.23. The first-order valence-corrected chi connectivity index (χ1v) is 4.83. The van der Waals surface area contributed by atoms with E-state index in [1.165, 1.54) is 13.2 Å². The molecule has 0 radical (unpaired) electrons. The molecule has 0 amide bonds. The summed E-state index contributed by atoms with van der Waals surface area (Å²) < 4.78 is 47.7. The predicted molar refractivity (Wildman–Crippen MR) is 55.9 cm³/mol. The van der Waals surface area contributed by atoms with Crippen LogP contribution in [0.4, 0.5) is 13.2 Å². The van der Waals surface area contributed by atoms with Crippen LogP contribution in [-0.2, 0) is 17.4 Å². The summed E-state index contributed by atoms with van der Waals surface area (Å²) in [5, 5.41) is 8.67. The number of carbonyl (C=O) groups is 1. The summed E-state index contributed by atoms with van der Waals surface area (Å²) in [7, 11) is 2.26. The number of carboxylic acids is 1. The topological polar surface area (TPSA) is 55.8 Å². The van der Waals surface area contributed by atoms with Crippen LogP contribution >= 0.6 is 0 Å². The minimum Gasteiger partial charge on any atom is -0.497 e. The number of aliphatic carboxylic acids is 1. The molecule has 0 saturated heterocycles. The minimum absolute atomic E-state index is 0.0700. The fraction of sp³-hybridized carbons (Fsp3) is 0.364. The molecule has 1 aromatic carbocycles. The summed E-state index contributed by atoms with van der Waals surface area (Å²) in [4.78, 5) is 10.6. The molecule has 0 spiro atoms. The van der Waals surface area contributed by atoms with Crippen LogP contribution in [0.5, 0.6) is 11.5 Å². The van der Waals surface area contributed by atoms with Gasteiger partial charge in [-0.15, -0.1) is 0 Å². The van der Waals surface area contributed by atoms with Gasteiger partial charge >= 0.3 is 12.1 Å². The Morgan fingerprint density at radius 1 is 1.28 bits per heavy atom. The highest BCUT2D eigenvalue weighted by atomic mass is 19.4. The fourth-order valence-corrected chi connectivity index (χ4v) is 1.52. The van der Waals surface area contributed by atoms with E-state index in [-0.39, 0.29) is 11.3 Å². The summed E-state index contributed by atoms with van der Waals surface area (Å²) >= 11 is 0. The Morgan fingerprint density at radius 3 is 2.28 bits per heavy atom. The molecule has 0 fully saturated rings. The van der Waals surface area contributed by atoms with E-state index in [1.54, 1.807) is 0 Å². The van der Waals surface area contributed by atoms with E-state index in [0.29, 0.717) is 0 Å². The van der Waals surface area contributed by atoms with Crippen LogP contribution in [0, 0.1) is 0 Å². The lowest BCUT2D eigenvalue weighted by Crippen LogP contribution is -2.11. The standard InChI is InChI=1S/C11H11F3O4/c1-17-7-3-6(4-9(15)16)10(18-2)8(5-7)11(12,13)14/h3,5H,4H2,1-2H3,(H,15,16). The largest absolute Gasteiger partial charge is 0.497 e. The van der Waals surface area contributed by atoms with E-state index in [2.05, 4.69) is 4.74 Å². The van der Waals surface area contributed by atoms with Crippen molar-refractivity contribution in [3.63, 3.8) is 0 Å². The molecular formula is C11H11F3O4. The van der Waals surface area contributed by atoms with Gasteiger partial charge < -0.3 is 14.6 Å². The van der Waals surface area contributed by atoms with Crippen molar-refractivity contribution >= 4 is 5.97 Å².